The molecule has 1 rings (SSSR count). The maximum atomic E-state index is 9.38. The van der Waals surface area contributed by atoms with Crippen LogP contribution in [-0.2, 0) is 6.42 Å². The van der Waals surface area contributed by atoms with Gasteiger partial charge in [-0.25, -0.2) is 0 Å². The van der Waals surface area contributed by atoms with E-state index in [-0.39, 0.29) is 0 Å². The van der Waals surface area contributed by atoms with Crippen molar-refractivity contribution in [2.24, 2.45) is 5.73 Å². The van der Waals surface area contributed by atoms with Gasteiger partial charge in [-0.15, -0.1) is 0 Å². The third-order valence-electron chi connectivity index (χ3n) is 1.89. The molecule has 0 saturated heterocycles. The van der Waals surface area contributed by atoms with E-state index in [1.165, 1.54) is 0 Å². The molecule has 0 bridgehead atoms. The Morgan fingerprint density at radius 1 is 1.17 bits per heavy atom. The molecule has 0 aromatic heterocycles. The van der Waals surface area contributed by atoms with Crippen LogP contribution in [-0.4, -0.2) is 11.7 Å². The second-order valence-electron chi connectivity index (χ2n) is 2.87. The SMILES string of the molecule is NCCCCc1ccccc1O. The number of nitrogens with two attached hydrogens (primary N) is 1. The van der Waals surface area contributed by atoms with Gasteiger partial charge in [-0.2, -0.15) is 0 Å². The number of phenolic OH excluding ortho intramolecular Hbond substituents is 1. The summed E-state index contributed by atoms with van der Waals surface area (Å²) in [7, 11) is 0. The highest BCUT2D eigenvalue weighted by Gasteiger charge is 1.97. The van der Waals surface area contributed by atoms with Crippen LogP contribution in [0.15, 0.2) is 24.3 Å². The van der Waals surface area contributed by atoms with Gasteiger partial charge in [0.05, 0.1) is 0 Å². The van der Waals surface area contributed by atoms with Gasteiger partial charge in [-0.3, -0.25) is 0 Å². The Bertz CT molecular complexity index is 235. The van der Waals surface area contributed by atoms with E-state index in [1.807, 2.05) is 18.2 Å². The second-order valence-corrected chi connectivity index (χ2v) is 2.87. The summed E-state index contributed by atoms with van der Waals surface area (Å²) in [5.74, 6) is 0.398. The first kappa shape index (κ1) is 9.07. The molecule has 0 spiro atoms. The number of phenols is 1. The highest BCUT2D eigenvalue weighted by Crippen LogP contribution is 2.17. The van der Waals surface area contributed by atoms with E-state index in [2.05, 4.69) is 0 Å². The number of aromatic hydroxyl groups is 1. The molecule has 12 heavy (non-hydrogen) atoms. The van der Waals surface area contributed by atoms with Gasteiger partial charge in [0.1, 0.15) is 5.75 Å². The summed E-state index contributed by atoms with van der Waals surface area (Å²) in [4.78, 5) is 0. The van der Waals surface area contributed by atoms with Crippen LogP contribution in [0.3, 0.4) is 0 Å². The monoisotopic (exact) mass is 165 g/mol. The van der Waals surface area contributed by atoms with Crippen LogP contribution in [0.5, 0.6) is 5.75 Å². The van der Waals surface area contributed by atoms with E-state index >= 15 is 0 Å². The van der Waals surface area contributed by atoms with Crippen LogP contribution in [0, 0.1) is 0 Å². The molecule has 0 atom stereocenters. The molecule has 0 aliphatic heterocycles. The highest BCUT2D eigenvalue weighted by atomic mass is 16.3. The highest BCUT2D eigenvalue weighted by molar-refractivity contribution is 5.31. The molecular weight excluding hydrogens is 150 g/mol. The van der Waals surface area contributed by atoms with Gasteiger partial charge in [-0.05, 0) is 37.4 Å². The molecule has 1 aromatic carbocycles. The zero-order chi connectivity index (χ0) is 8.81. The fourth-order valence-corrected chi connectivity index (χ4v) is 1.18. The number of unbranched alkanes of at least 4 members (excludes halogenated alkanes) is 1. The predicted molar refractivity (Wildman–Crippen MR) is 50.1 cm³/mol. The number of hydrogen-bond donors (Lipinski definition) is 2. The Hall–Kier alpha value is -1.02. The minimum absolute atomic E-state index is 0.398. The molecule has 0 heterocycles. The van der Waals surface area contributed by atoms with Crippen LogP contribution in [0.1, 0.15) is 18.4 Å². The number of para-hydroxylation sites is 1. The molecule has 2 heteroatoms. The molecule has 0 aliphatic rings. The molecule has 0 amide bonds. The molecule has 66 valence electrons. The third-order valence-corrected chi connectivity index (χ3v) is 1.89. The van der Waals surface area contributed by atoms with E-state index in [1.54, 1.807) is 6.07 Å². The lowest BCUT2D eigenvalue weighted by Gasteiger charge is -2.02. The normalized spacial score (nSPS) is 10.1. The van der Waals surface area contributed by atoms with Crippen molar-refractivity contribution in [1.29, 1.82) is 0 Å². The lowest BCUT2D eigenvalue weighted by atomic mass is 10.1. The van der Waals surface area contributed by atoms with Crippen LogP contribution >= 0.6 is 0 Å². The summed E-state index contributed by atoms with van der Waals surface area (Å²) < 4.78 is 0. The fraction of sp³-hybridized carbons (Fsp3) is 0.400. The Morgan fingerprint density at radius 3 is 2.58 bits per heavy atom. The van der Waals surface area contributed by atoms with Gasteiger partial charge in [0.15, 0.2) is 0 Å². The van der Waals surface area contributed by atoms with Crippen molar-refractivity contribution >= 4 is 0 Å². The van der Waals surface area contributed by atoms with E-state index in [0.717, 1.165) is 31.4 Å². The van der Waals surface area contributed by atoms with E-state index < -0.39 is 0 Å². The Morgan fingerprint density at radius 2 is 1.92 bits per heavy atom. The minimum Gasteiger partial charge on any atom is -0.508 e. The summed E-state index contributed by atoms with van der Waals surface area (Å²) in [5, 5.41) is 9.38. The van der Waals surface area contributed by atoms with Crippen molar-refractivity contribution in [3.05, 3.63) is 29.8 Å². The average molecular weight is 165 g/mol. The topological polar surface area (TPSA) is 46.2 Å². The molecule has 0 fully saturated rings. The van der Waals surface area contributed by atoms with Gasteiger partial charge in [-0.1, -0.05) is 18.2 Å². The summed E-state index contributed by atoms with van der Waals surface area (Å²) in [6, 6.07) is 7.45. The van der Waals surface area contributed by atoms with E-state index in [9.17, 15) is 5.11 Å². The fourth-order valence-electron chi connectivity index (χ4n) is 1.18. The van der Waals surface area contributed by atoms with Crippen molar-refractivity contribution in [1.82, 2.24) is 0 Å². The van der Waals surface area contributed by atoms with Crippen LogP contribution in [0.2, 0.25) is 0 Å². The lowest BCUT2D eigenvalue weighted by molar-refractivity contribution is 0.466. The molecule has 1 aromatic rings. The summed E-state index contributed by atoms with van der Waals surface area (Å²) in [6.07, 6.45) is 2.99. The summed E-state index contributed by atoms with van der Waals surface area (Å²) in [5.41, 5.74) is 6.39. The third kappa shape index (κ3) is 2.55. The number of hydrogen-bond acceptors (Lipinski definition) is 2. The zero-order valence-corrected chi connectivity index (χ0v) is 7.16. The van der Waals surface area contributed by atoms with Crippen LogP contribution < -0.4 is 5.73 Å². The largest absolute Gasteiger partial charge is 0.508 e. The first-order valence-corrected chi connectivity index (χ1v) is 4.31. The second kappa shape index (κ2) is 4.78. The lowest BCUT2D eigenvalue weighted by Crippen LogP contribution is -1.98. The van der Waals surface area contributed by atoms with Crippen molar-refractivity contribution in [2.75, 3.05) is 6.54 Å². The maximum Gasteiger partial charge on any atom is 0.118 e. The first-order chi connectivity index (χ1) is 5.84. The van der Waals surface area contributed by atoms with Crippen molar-refractivity contribution in [2.45, 2.75) is 19.3 Å². The molecule has 0 radical (unpaired) electrons. The number of aryl methyl sites for hydroxylation is 1. The molecular formula is C10H15NO. The van der Waals surface area contributed by atoms with Crippen molar-refractivity contribution in [3.63, 3.8) is 0 Å². The van der Waals surface area contributed by atoms with Gasteiger partial charge >= 0.3 is 0 Å². The molecule has 0 saturated carbocycles. The Labute approximate surface area is 73.0 Å². The van der Waals surface area contributed by atoms with Gasteiger partial charge < -0.3 is 10.8 Å². The van der Waals surface area contributed by atoms with Gasteiger partial charge in [0.2, 0.25) is 0 Å². The van der Waals surface area contributed by atoms with Crippen molar-refractivity contribution in [3.8, 4) is 5.75 Å². The van der Waals surface area contributed by atoms with Crippen LogP contribution in [0.4, 0.5) is 0 Å². The number of benzene rings is 1. The van der Waals surface area contributed by atoms with E-state index in [0.29, 0.717) is 5.75 Å². The molecule has 0 unspecified atom stereocenters. The minimum atomic E-state index is 0.398. The quantitative estimate of drug-likeness (QED) is 0.667. The maximum absolute atomic E-state index is 9.38. The standard InChI is InChI=1S/C10H15NO/c11-8-4-3-6-9-5-1-2-7-10(9)12/h1-2,5,7,12H,3-4,6,8,11H2. The molecule has 0 aliphatic carbocycles. The summed E-state index contributed by atoms with van der Waals surface area (Å²) in [6.45, 7) is 0.730. The molecule has 3 N–H and O–H groups in total. The van der Waals surface area contributed by atoms with Gasteiger partial charge in [0, 0.05) is 0 Å². The van der Waals surface area contributed by atoms with E-state index in [4.69, 9.17) is 5.73 Å². The van der Waals surface area contributed by atoms with Crippen LogP contribution in [0.25, 0.3) is 0 Å². The average Bonchev–Trinajstić information content (AvgIpc) is 2.09. The Balaban J connectivity index is 2.46. The number of rotatable bonds is 4. The molecule has 2 nitrogen and oxygen atoms in total. The van der Waals surface area contributed by atoms with Crippen molar-refractivity contribution < 1.29 is 5.11 Å². The predicted octanol–water partition coefficient (Wildman–Crippen LogP) is 1.67. The first-order valence-electron chi connectivity index (χ1n) is 4.31. The summed E-state index contributed by atoms with van der Waals surface area (Å²) >= 11 is 0. The zero-order valence-electron chi connectivity index (χ0n) is 7.16. The smallest absolute Gasteiger partial charge is 0.118 e. The Kier molecular flexibility index (Phi) is 3.61. The van der Waals surface area contributed by atoms with Gasteiger partial charge in [0.25, 0.3) is 0 Å².